The minimum absolute atomic E-state index is 0.0481. The summed E-state index contributed by atoms with van der Waals surface area (Å²) < 4.78 is 44.8. The molecule has 1 atom stereocenters. The number of halogens is 1. The molecule has 1 aliphatic rings. The van der Waals surface area contributed by atoms with Gasteiger partial charge in [0.2, 0.25) is 21.8 Å². The van der Waals surface area contributed by atoms with E-state index in [0.29, 0.717) is 6.54 Å². The molecule has 1 heterocycles. The number of amides is 2. The second-order valence-corrected chi connectivity index (χ2v) is 7.48. The van der Waals surface area contributed by atoms with E-state index in [1.54, 1.807) is 7.05 Å². The number of aryl methyl sites for hydroxylation is 1. The van der Waals surface area contributed by atoms with E-state index in [1.807, 2.05) is 0 Å². The number of rotatable bonds is 6. The van der Waals surface area contributed by atoms with Crippen LogP contribution in [0.15, 0.2) is 23.1 Å². The van der Waals surface area contributed by atoms with Crippen molar-refractivity contribution in [2.75, 3.05) is 33.3 Å². The fourth-order valence-electron chi connectivity index (χ4n) is 2.33. The summed E-state index contributed by atoms with van der Waals surface area (Å²) in [7, 11) is -2.29. The van der Waals surface area contributed by atoms with E-state index < -0.39 is 28.3 Å². The van der Waals surface area contributed by atoms with Crippen LogP contribution in [-0.2, 0) is 24.3 Å². The predicted octanol–water partition coefficient (Wildman–Crippen LogP) is -0.614. The van der Waals surface area contributed by atoms with E-state index in [2.05, 4.69) is 10.0 Å². The maximum absolute atomic E-state index is 13.1. The molecule has 10 heteroatoms. The highest BCUT2D eigenvalue weighted by Crippen LogP contribution is 2.15. The highest BCUT2D eigenvalue weighted by atomic mass is 32.2. The van der Waals surface area contributed by atoms with Gasteiger partial charge in [0.15, 0.2) is 0 Å². The van der Waals surface area contributed by atoms with E-state index in [0.717, 1.165) is 18.2 Å². The quantitative estimate of drug-likeness (QED) is 0.692. The second-order valence-electron chi connectivity index (χ2n) is 5.75. The van der Waals surface area contributed by atoms with Gasteiger partial charge in [-0.2, -0.15) is 0 Å². The van der Waals surface area contributed by atoms with Crippen LogP contribution in [0.3, 0.4) is 0 Å². The highest BCUT2D eigenvalue weighted by molar-refractivity contribution is 7.89. The molecule has 8 nitrogen and oxygen atoms in total. The number of nitrogens with zero attached hydrogens (tertiary/aromatic N) is 1. The number of carbonyl (C=O) groups excluding carboxylic acids is 2. The van der Waals surface area contributed by atoms with Crippen molar-refractivity contribution < 1.29 is 27.1 Å². The minimum atomic E-state index is -3.92. The van der Waals surface area contributed by atoms with Crippen LogP contribution in [0.5, 0.6) is 0 Å². The standard InChI is InChI=1S/C15H20FN3O5S/c1-10-5-11(16)3-4-13(10)25(22,23)18-7-14(20)17-6-12-8-19(2)15(21)9-24-12/h3-5,12,18H,6-9H2,1-2H3,(H,17,20)/t12-/m1/s1. The van der Waals surface area contributed by atoms with Crippen LogP contribution >= 0.6 is 0 Å². The number of sulfonamides is 1. The summed E-state index contributed by atoms with van der Waals surface area (Å²) in [5.41, 5.74) is 0.246. The number of carbonyl (C=O) groups is 2. The summed E-state index contributed by atoms with van der Waals surface area (Å²) in [6.45, 7) is 1.47. The van der Waals surface area contributed by atoms with Gasteiger partial charge < -0.3 is 15.0 Å². The molecular formula is C15H20FN3O5S. The highest BCUT2D eigenvalue weighted by Gasteiger charge is 2.24. The van der Waals surface area contributed by atoms with Gasteiger partial charge in [-0.3, -0.25) is 9.59 Å². The van der Waals surface area contributed by atoms with Crippen molar-refractivity contribution in [1.29, 1.82) is 0 Å². The minimum Gasteiger partial charge on any atom is -0.365 e. The Bertz CT molecular complexity index is 768. The molecule has 0 spiro atoms. The molecule has 0 aromatic heterocycles. The van der Waals surface area contributed by atoms with Crippen LogP contribution in [0.1, 0.15) is 5.56 Å². The van der Waals surface area contributed by atoms with Crippen molar-refractivity contribution in [1.82, 2.24) is 14.9 Å². The summed E-state index contributed by atoms with van der Waals surface area (Å²) in [5, 5.41) is 2.55. The Hall–Kier alpha value is -2.04. The molecule has 1 aromatic carbocycles. The van der Waals surface area contributed by atoms with Crippen LogP contribution in [0.2, 0.25) is 0 Å². The summed E-state index contributed by atoms with van der Waals surface area (Å²) in [6.07, 6.45) is -0.345. The number of benzene rings is 1. The largest absolute Gasteiger partial charge is 0.365 e. The van der Waals surface area contributed by atoms with E-state index in [1.165, 1.54) is 11.8 Å². The van der Waals surface area contributed by atoms with Gasteiger partial charge in [-0.15, -0.1) is 0 Å². The van der Waals surface area contributed by atoms with Gasteiger partial charge in [0, 0.05) is 20.1 Å². The third-order valence-corrected chi connectivity index (χ3v) is 5.28. The van der Waals surface area contributed by atoms with Crippen molar-refractivity contribution in [2.24, 2.45) is 0 Å². The Morgan fingerprint density at radius 3 is 2.80 bits per heavy atom. The molecule has 0 saturated carbocycles. The number of hydrogen-bond acceptors (Lipinski definition) is 5. The van der Waals surface area contributed by atoms with Crippen molar-refractivity contribution in [3.8, 4) is 0 Å². The zero-order valence-electron chi connectivity index (χ0n) is 13.9. The predicted molar refractivity (Wildman–Crippen MR) is 86.7 cm³/mol. The Morgan fingerprint density at radius 1 is 1.44 bits per heavy atom. The van der Waals surface area contributed by atoms with Gasteiger partial charge in [-0.1, -0.05) is 0 Å². The molecule has 0 aliphatic carbocycles. The number of hydrogen-bond donors (Lipinski definition) is 2. The van der Waals surface area contributed by atoms with Crippen LogP contribution in [0.4, 0.5) is 4.39 Å². The SMILES string of the molecule is Cc1cc(F)ccc1S(=O)(=O)NCC(=O)NC[C@@H]1CN(C)C(=O)CO1. The second kappa shape index (κ2) is 7.89. The van der Waals surface area contributed by atoms with Gasteiger partial charge in [0.1, 0.15) is 12.4 Å². The van der Waals surface area contributed by atoms with Crippen LogP contribution in [-0.4, -0.2) is 64.5 Å². The number of ether oxygens (including phenoxy) is 1. The molecule has 1 fully saturated rings. The van der Waals surface area contributed by atoms with Crippen LogP contribution in [0.25, 0.3) is 0 Å². The molecule has 1 aromatic rings. The molecule has 2 N–H and O–H groups in total. The number of likely N-dealkylation sites (N-methyl/N-ethyl adjacent to an activating group) is 1. The molecule has 0 bridgehead atoms. The monoisotopic (exact) mass is 373 g/mol. The van der Waals surface area contributed by atoms with Crippen LogP contribution in [0, 0.1) is 12.7 Å². The number of nitrogens with one attached hydrogen (secondary N) is 2. The lowest BCUT2D eigenvalue weighted by Gasteiger charge is -2.29. The van der Waals surface area contributed by atoms with Gasteiger partial charge >= 0.3 is 0 Å². The molecule has 138 valence electrons. The first-order valence-corrected chi connectivity index (χ1v) is 9.05. The zero-order chi connectivity index (χ0) is 18.6. The fraction of sp³-hybridized carbons (Fsp3) is 0.467. The lowest BCUT2D eigenvalue weighted by atomic mass is 10.2. The first kappa shape index (κ1) is 19.3. The van der Waals surface area contributed by atoms with Gasteiger partial charge in [-0.05, 0) is 30.7 Å². The molecule has 25 heavy (non-hydrogen) atoms. The summed E-state index contributed by atoms with van der Waals surface area (Å²) in [6, 6.07) is 3.29. The first-order chi connectivity index (χ1) is 11.7. The first-order valence-electron chi connectivity index (χ1n) is 7.57. The number of morpholine rings is 1. The van der Waals surface area contributed by atoms with Crippen molar-refractivity contribution in [2.45, 2.75) is 17.9 Å². The van der Waals surface area contributed by atoms with Gasteiger partial charge in [0.25, 0.3) is 0 Å². The summed E-state index contributed by atoms with van der Waals surface area (Å²) in [4.78, 5) is 24.5. The Balaban J connectivity index is 1.84. The summed E-state index contributed by atoms with van der Waals surface area (Å²) in [5.74, 6) is -1.21. The van der Waals surface area contributed by atoms with E-state index >= 15 is 0 Å². The topological polar surface area (TPSA) is 105 Å². The normalized spacial score (nSPS) is 18.3. The molecule has 1 aliphatic heterocycles. The lowest BCUT2D eigenvalue weighted by molar-refractivity contribution is -0.146. The molecule has 2 amide bonds. The van der Waals surface area contributed by atoms with E-state index in [4.69, 9.17) is 4.74 Å². The van der Waals surface area contributed by atoms with Crippen molar-refractivity contribution >= 4 is 21.8 Å². The molecular weight excluding hydrogens is 353 g/mol. The lowest BCUT2D eigenvalue weighted by Crippen LogP contribution is -2.49. The molecule has 0 radical (unpaired) electrons. The third kappa shape index (κ3) is 5.21. The van der Waals surface area contributed by atoms with E-state index in [-0.39, 0.29) is 35.6 Å². The molecule has 0 unspecified atom stereocenters. The maximum Gasteiger partial charge on any atom is 0.248 e. The zero-order valence-corrected chi connectivity index (χ0v) is 14.7. The third-order valence-electron chi connectivity index (χ3n) is 3.72. The Labute approximate surface area is 145 Å². The van der Waals surface area contributed by atoms with Crippen LogP contribution < -0.4 is 10.0 Å². The Morgan fingerprint density at radius 2 is 2.16 bits per heavy atom. The van der Waals surface area contributed by atoms with Gasteiger partial charge in [0.05, 0.1) is 17.5 Å². The Kier molecular flexibility index (Phi) is 6.09. The fourth-order valence-corrected chi connectivity index (χ4v) is 3.53. The maximum atomic E-state index is 13.1. The smallest absolute Gasteiger partial charge is 0.248 e. The van der Waals surface area contributed by atoms with Gasteiger partial charge in [-0.25, -0.2) is 17.5 Å². The molecule has 1 saturated heterocycles. The molecule has 2 rings (SSSR count). The average molecular weight is 373 g/mol. The average Bonchev–Trinajstić information content (AvgIpc) is 2.54. The van der Waals surface area contributed by atoms with Crippen molar-refractivity contribution in [3.05, 3.63) is 29.6 Å². The summed E-state index contributed by atoms with van der Waals surface area (Å²) >= 11 is 0. The van der Waals surface area contributed by atoms with E-state index in [9.17, 15) is 22.4 Å². The van der Waals surface area contributed by atoms with Crippen molar-refractivity contribution in [3.63, 3.8) is 0 Å².